The van der Waals surface area contributed by atoms with Gasteiger partial charge in [0.1, 0.15) is 0 Å². The Morgan fingerprint density at radius 2 is 1.94 bits per heavy atom. The van der Waals surface area contributed by atoms with E-state index in [1.54, 1.807) is 12.4 Å². The Hall–Kier alpha value is -1.95. The van der Waals surface area contributed by atoms with Gasteiger partial charge in [-0.15, -0.1) is 35.3 Å². The SMILES string of the molecule is CCNC(=NCCC(=O)N1CCN(c2ncccn2)CC1)NC(C)Cc1ccc(C)s1.I. The lowest BCUT2D eigenvalue weighted by molar-refractivity contribution is -0.131. The van der Waals surface area contributed by atoms with E-state index in [-0.39, 0.29) is 35.9 Å². The van der Waals surface area contributed by atoms with Gasteiger partial charge in [-0.25, -0.2) is 9.97 Å². The Morgan fingerprint density at radius 3 is 2.56 bits per heavy atom. The van der Waals surface area contributed by atoms with Crippen molar-refractivity contribution in [1.82, 2.24) is 25.5 Å². The number of anilines is 1. The highest BCUT2D eigenvalue weighted by Gasteiger charge is 2.22. The summed E-state index contributed by atoms with van der Waals surface area (Å²) in [4.78, 5) is 32.5. The van der Waals surface area contributed by atoms with E-state index in [4.69, 9.17) is 0 Å². The molecule has 32 heavy (non-hydrogen) atoms. The zero-order valence-electron chi connectivity index (χ0n) is 19.1. The van der Waals surface area contributed by atoms with Gasteiger partial charge in [0.15, 0.2) is 5.96 Å². The van der Waals surface area contributed by atoms with Crippen LogP contribution in [0.15, 0.2) is 35.6 Å². The summed E-state index contributed by atoms with van der Waals surface area (Å²) in [6.45, 7) is 10.5. The Balaban J connectivity index is 0.00000363. The molecule has 0 bridgehead atoms. The van der Waals surface area contributed by atoms with Crippen LogP contribution in [0.2, 0.25) is 0 Å². The first kappa shape index (κ1) is 26.3. The van der Waals surface area contributed by atoms with Crippen molar-refractivity contribution in [3.8, 4) is 0 Å². The van der Waals surface area contributed by atoms with E-state index >= 15 is 0 Å². The molecule has 2 aromatic rings. The molecule has 1 amide bonds. The van der Waals surface area contributed by atoms with Crippen LogP contribution in [-0.4, -0.2) is 72.0 Å². The third kappa shape index (κ3) is 8.19. The normalized spacial score (nSPS) is 15.2. The first-order chi connectivity index (χ1) is 15.0. The molecule has 3 heterocycles. The van der Waals surface area contributed by atoms with Crippen molar-refractivity contribution in [3.05, 3.63) is 40.3 Å². The van der Waals surface area contributed by atoms with Gasteiger partial charge in [-0.1, -0.05) is 0 Å². The standard InChI is InChI=1S/C22H33N7OS.HI/c1-4-23-21(27-17(2)16-19-7-6-18(3)31-19)24-11-8-20(30)28-12-14-29(15-13-28)22-25-9-5-10-26-22;/h5-7,9-10,17H,4,8,11-16H2,1-3H3,(H2,23,24,27);1H. The maximum Gasteiger partial charge on any atom is 0.225 e. The van der Waals surface area contributed by atoms with Crippen LogP contribution in [-0.2, 0) is 11.2 Å². The lowest BCUT2D eigenvalue weighted by Gasteiger charge is -2.34. The molecule has 1 unspecified atom stereocenters. The molecule has 2 N–H and O–H groups in total. The molecule has 8 nitrogen and oxygen atoms in total. The van der Waals surface area contributed by atoms with Crippen LogP contribution in [0.1, 0.15) is 30.0 Å². The molecule has 0 aliphatic carbocycles. The molecular formula is C22H34IN7OS. The summed E-state index contributed by atoms with van der Waals surface area (Å²) in [6, 6.07) is 6.42. The average Bonchev–Trinajstić information content (AvgIpc) is 3.18. The van der Waals surface area contributed by atoms with Crippen LogP contribution in [0.4, 0.5) is 5.95 Å². The Morgan fingerprint density at radius 1 is 1.22 bits per heavy atom. The minimum absolute atomic E-state index is 0. The molecule has 10 heteroatoms. The van der Waals surface area contributed by atoms with Crippen LogP contribution in [0.3, 0.4) is 0 Å². The maximum absolute atomic E-state index is 12.6. The van der Waals surface area contributed by atoms with Gasteiger partial charge in [-0.05, 0) is 39.0 Å². The molecule has 0 aromatic carbocycles. The third-order valence-corrected chi connectivity index (χ3v) is 6.12. The fourth-order valence-corrected chi connectivity index (χ4v) is 4.55. The summed E-state index contributed by atoms with van der Waals surface area (Å²) >= 11 is 1.83. The molecule has 1 atom stereocenters. The largest absolute Gasteiger partial charge is 0.357 e. The predicted octanol–water partition coefficient (Wildman–Crippen LogP) is 2.69. The molecule has 1 aliphatic heterocycles. The van der Waals surface area contributed by atoms with Gasteiger partial charge >= 0.3 is 0 Å². The van der Waals surface area contributed by atoms with Crippen molar-refractivity contribution in [3.63, 3.8) is 0 Å². The van der Waals surface area contributed by atoms with Gasteiger partial charge in [-0.2, -0.15) is 0 Å². The molecule has 1 saturated heterocycles. The number of amides is 1. The monoisotopic (exact) mass is 571 g/mol. The predicted molar refractivity (Wildman–Crippen MR) is 142 cm³/mol. The molecule has 1 fully saturated rings. The van der Waals surface area contributed by atoms with Gasteiger partial charge < -0.3 is 20.4 Å². The molecule has 1 aliphatic rings. The number of hydrogen-bond acceptors (Lipinski definition) is 6. The van der Waals surface area contributed by atoms with Crippen LogP contribution >= 0.6 is 35.3 Å². The van der Waals surface area contributed by atoms with Gasteiger partial charge in [0.2, 0.25) is 11.9 Å². The minimum atomic E-state index is 0. The van der Waals surface area contributed by atoms with E-state index in [1.807, 2.05) is 29.2 Å². The van der Waals surface area contributed by atoms with Crippen molar-refractivity contribution >= 4 is 53.1 Å². The second-order valence-corrected chi connectivity index (χ2v) is 9.06. The number of halogens is 1. The Labute approximate surface area is 211 Å². The number of carbonyl (C=O) groups excluding carboxylic acids is 1. The van der Waals surface area contributed by atoms with Gasteiger partial charge in [0, 0.05) is 73.8 Å². The molecule has 0 spiro atoms. The summed E-state index contributed by atoms with van der Waals surface area (Å²) < 4.78 is 0. The number of piperazine rings is 1. The minimum Gasteiger partial charge on any atom is -0.357 e. The molecule has 176 valence electrons. The highest BCUT2D eigenvalue weighted by atomic mass is 127. The van der Waals surface area contributed by atoms with Crippen LogP contribution in [0.25, 0.3) is 0 Å². The second-order valence-electron chi connectivity index (χ2n) is 7.69. The summed E-state index contributed by atoms with van der Waals surface area (Å²) in [5.74, 6) is 1.64. The first-order valence-electron chi connectivity index (χ1n) is 10.9. The van der Waals surface area contributed by atoms with Gasteiger partial charge in [-0.3, -0.25) is 9.79 Å². The fraction of sp³-hybridized carbons (Fsp3) is 0.545. The number of thiophene rings is 1. The van der Waals surface area contributed by atoms with E-state index in [1.165, 1.54) is 9.75 Å². The summed E-state index contributed by atoms with van der Waals surface area (Å²) in [6.07, 6.45) is 4.86. The number of carbonyl (C=O) groups is 1. The zero-order valence-corrected chi connectivity index (χ0v) is 22.2. The number of rotatable bonds is 8. The average molecular weight is 572 g/mol. The summed E-state index contributed by atoms with van der Waals surface area (Å²) in [7, 11) is 0. The Kier molecular flexibility index (Phi) is 11.1. The van der Waals surface area contributed by atoms with E-state index < -0.39 is 0 Å². The zero-order chi connectivity index (χ0) is 22.1. The van der Waals surface area contributed by atoms with E-state index in [0.717, 1.165) is 38.0 Å². The number of hydrogen-bond donors (Lipinski definition) is 2. The number of aliphatic imine (C=N–C) groups is 1. The third-order valence-electron chi connectivity index (χ3n) is 5.09. The number of guanidine groups is 1. The number of aryl methyl sites for hydroxylation is 1. The smallest absolute Gasteiger partial charge is 0.225 e. The summed E-state index contributed by atoms with van der Waals surface area (Å²) in [5.41, 5.74) is 0. The lowest BCUT2D eigenvalue weighted by atomic mass is 10.2. The van der Waals surface area contributed by atoms with Gasteiger partial charge in [0.25, 0.3) is 0 Å². The van der Waals surface area contributed by atoms with E-state index in [9.17, 15) is 4.79 Å². The van der Waals surface area contributed by atoms with E-state index in [2.05, 4.69) is 56.5 Å². The van der Waals surface area contributed by atoms with Crippen LogP contribution in [0.5, 0.6) is 0 Å². The number of nitrogens with zero attached hydrogens (tertiary/aromatic N) is 5. The van der Waals surface area contributed by atoms with Crippen LogP contribution < -0.4 is 15.5 Å². The van der Waals surface area contributed by atoms with Crippen molar-refractivity contribution in [2.24, 2.45) is 4.99 Å². The van der Waals surface area contributed by atoms with E-state index in [0.29, 0.717) is 26.1 Å². The summed E-state index contributed by atoms with van der Waals surface area (Å²) in [5, 5.41) is 6.73. The van der Waals surface area contributed by atoms with Crippen molar-refractivity contribution < 1.29 is 4.79 Å². The fourth-order valence-electron chi connectivity index (χ4n) is 3.53. The first-order valence-corrected chi connectivity index (χ1v) is 11.8. The van der Waals surface area contributed by atoms with Crippen LogP contribution in [0, 0.1) is 6.92 Å². The highest BCUT2D eigenvalue weighted by Crippen LogP contribution is 2.16. The molecule has 0 radical (unpaired) electrons. The molecular weight excluding hydrogens is 537 g/mol. The lowest BCUT2D eigenvalue weighted by Crippen LogP contribution is -2.49. The number of aromatic nitrogens is 2. The highest BCUT2D eigenvalue weighted by molar-refractivity contribution is 14.0. The quantitative estimate of drug-likeness (QED) is 0.288. The second kappa shape index (κ2) is 13.6. The topological polar surface area (TPSA) is 85.8 Å². The Bertz CT molecular complexity index is 853. The maximum atomic E-state index is 12.6. The molecule has 2 aromatic heterocycles. The molecule has 3 rings (SSSR count). The van der Waals surface area contributed by atoms with Gasteiger partial charge in [0.05, 0.1) is 6.54 Å². The molecule has 0 saturated carbocycles. The van der Waals surface area contributed by atoms with Crippen molar-refractivity contribution in [2.75, 3.05) is 44.2 Å². The van der Waals surface area contributed by atoms with Crippen molar-refractivity contribution in [1.29, 1.82) is 0 Å². The number of nitrogens with one attached hydrogen (secondary N) is 2. The van der Waals surface area contributed by atoms with Crippen molar-refractivity contribution in [2.45, 2.75) is 39.7 Å².